The zero-order chi connectivity index (χ0) is 10.6. The number of carbonyl (C=O) groups is 1. The van der Waals surface area contributed by atoms with Crippen LogP contribution >= 0.6 is 0 Å². The van der Waals surface area contributed by atoms with Gasteiger partial charge in [0, 0.05) is 26.1 Å². The molecule has 0 heterocycles. The number of carbonyl (C=O) groups excluding carboxylic acids is 1. The maximum Gasteiger partial charge on any atom is 0.125 e. The van der Waals surface area contributed by atoms with Crippen LogP contribution in [0.4, 0.5) is 0 Å². The molecule has 3 nitrogen and oxygen atoms in total. The Hall–Kier alpha value is -0.410. The Labute approximate surface area is 85.8 Å². The Morgan fingerprint density at radius 2 is 2.14 bits per heavy atom. The summed E-state index contributed by atoms with van der Waals surface area (Å²) < 4.78 is 10.9. The fourth-order valence-electron chi connectivity index (χ4n) is 2.30. The van der Waals surface area contributed by atoms with Gasteiger partial charge in [0.15, 0.2) is 0 Å². The highest BCUT2D eigenvalue weighted by Gasteiger charge is 2.35. The number of hydrogen-bond donors (Lipinski definition) is 0. The lowest BCUT2D eigenvalue weighted by atomic mass is 9.77. The number of aldehydes is 1. The SMILES string of the molecule is CCOC1CC(C)C(C=O)C(OC)C1. The van der Waals surface area contributed by atoms with Crippen LogP contribution in [0, 0.1) is 11.8 Å². The summed E-state index contributed by atoms with van der Waals surface area (Å²) >= 11 is 0. The van der Waals surface area contributed by atoms with E-state index in [1.807, 2.05) is 6.92 Å². The third kappa shape index (κ3) is 2.55. The molecule has 0 bridgehead atoms. The molecule has 0 aliphatic heterocycles. The summed E-state index contributed by atoms with van der Waals surface area (Å²) in [4.78, 5) is 10.9. The maximum absolute atomic E-state index is 10.9. The molecule has 4 unspecified atom stereocenters. The molecular formula is C11H20O3. The molecule has 0 spiro atoms. The van der Waals surface area contributed by atoms with Crippen molar-refractivity contribution in [2.45, 2.75) is 38.9 Å². The molecule has 1 aliphatic rings. The zero-order valence-electron chi connectivity index (χ0n) is 9.23. The summed E-state index contributed by atoms with van der Waals surface area (Å²) in [5.74, 6) is 0.402. The average Bonchev–Trinajstić information content (AvgIpc) is 2.17. The topological polar surface area (TPSA) is 35.5 Å². The zero-order valence-corrected chi connectivity index (χ0v) is 9.23. The lowest BCUT2D eigenvalue weighted by Crippen LogP contribution is -2.40. The Morgan fingerprint density at radius 1 is 1.43 bits per heavy atom. The second-order valence-electron chi connectivity index (χ2n) is 4.01. The van der Waals surface area contributed by atoms with Crippen molar-refractivity contribution >= 4 is 6.29 Å². The van der Waals surface area contributed by atoms with E-state index in [1.165, 1.54) is 0 Å². The van der Waals surface area contributed by atoms with Crippen LogP contribution in [-0.2, 0) is 14.3 Å². The highest BCUT2D eigenvalue weighted by Crippen LogP contribution is 2.32. The molecule has 0 aromatic carbocycles. The van der Waals surface area contributed by atoms with Crippen LogP contribution in [0.3, 0.4) is 0 Å². The molecular weight excluding hydrogens is 180 g/mol. The van der Waals surface area contributed by atoms with Crippen LogP contribution < -0.4 is 0 Å². The summed E-state index contributed by atoms with van der Waals surface area (Å²) in [5, 5.41) is 0. The van der Waals surface area contributed by atoms with E-state index < -0.39 is 0 Å². The summed E-state index contributed by atoms with van der Waals surface area (Å²) in [6, 6.07) is 0. The molecule has 0 radical (unpaired) electrons. The predicted molar refractivity (Wildman–Crippen MR) is 54.2 cm³/mol. The van der Waals surface area contributed by atoms with Crippen LogP contribution in [0.1, 0.15) is 26.7 Å². The first-order valence-electron chi connectivity index (χ1n) is 5.32. The van der Waals surface area contributed by atoms with Crippen molar-refractivity contribution in [3.05, 3.63) is 0 Å². The predicted octanol–water partition coefficient (Wildman–Crippen LogP) is 1.65. The second-order valence-corrected chi connectivity index (χ2v) is 4.01. The molecule has 1 rings (SSSR count). The Balaban J connectivity index is 2.57. The number of methoxy groups -OCH3 is 1. The maximum atomic E-state index is 10.9. The van der Waals surface area contributed by atoms with Crippen LogP contribution in [0.15, 0.2) is 0 Å². The van der Waals surface area contributed by atoms with E-state index in [0.717, 1.165) is 25.7 Å². The van der Waals surface area contributed by atoms with Crippen LogP contribution in [0.5, 0.6) is 0 Å². The molecule has 1 aliphatic carbocycles. The average molecular weight is 200 g/mol. The van der Waals surface area contributed by atoms with Crippen molar-refractivity contribution < 1.29 is 14.3 Å². The van der Waals surface area contributed by atoms with Gasteiger partial charge in [0.05, 0.1) is 12.2 Å². The second kappa shape index (κ2) is 5.47. The van der Waals surface area contributed by atoms with Crippen molar-refractivity contribution in [1.82, 2.24) is 0 Å². The number of hydrogen-bond acceptors (Lipinski definition) is 3. The molecule has 1 fully saturated rings. The van der Waals surface area contributed by atoms with E-state index in [2.05, 4.69) is 6.92 Å². The molecule has 82 valence electrons. The normalized spacial score (nSPS) is 38.2. The third-order valence-electron chi connectivity index (χ3n) is 3.08. The minimum absolute atomic E-state index is 0.0350. The monoisotopic (exact) mass is 200 g/mol. The van der Waals surface area contributed by atoms with Crippen LogP contribution in [-0.4, -0.2) is 32.2 Å². The van der Waals surface area contributed by atoms with E-state index in [-0.39, 0.29) is 18.1 Å². The van der Waals surface area contributed by atoms with Gasteiger partial charge < -0.3 is 14.3 Å². The lowest BCUT2D eigenvalue weighted by Gasteiger charge is -2.36. The first-order chi connectivity index (χ1) is 6.72. The van der Waals surface area contributed by atoms with Crippen molar-refractivity contribution in [1.29, 1.82) is 0 Å². The van der Waals surface area contributed by atoms with Crippen molar-refractivity contribution in [2.24, 2.45) is 11.8 Å². The largest absolute Gasteiger partial charge is 0.381 e. The van der Waals surface area contributed by atoms with Gasteiger partial charge >= 0.3 is 0 Å². The minimum Gasteiger partial charge on any atom is -0.381 e. The van der Waals surface area contributed by atoms with E-state index in [0.29, 0.717) is 5.92 Å². The van der Waals surface area contributed by atoms with Crippen LogP contribution in [0.25, 0.3) is 0 Å². The molecule has 0 amide bonds. The highest BCUT2D eigenvalue weighted by molar-refractivity contribution is 5.55. The quantitative estimate of drug-likeness (QED) is 0.647. The first kappa shape index (κ1) is 11.7. The molecule has 4 atom stereocenters. The van der Waals surface area contributed by atoms with E-state index >= 15 is 0 Å². The fraction of sp³-hybridized carbons (Fsp3) is 0.909. The molecule has 0 aromatic rings. The van der Waals surface area contributed by atoms with Gasteiger partial charge in [-0.15, -0.1) is 0 Å². The summed E-state index contributed by atoms with van der Waals surface area (Å²) in [7, 11) is 1.67. The number of ether oxygens (including phenoxy) is 2. The summed E-state index contributed by atoms with van der Waals surface area (Å²) in [6.45, 7) is 4.83. The Bertz CT molecular complexity index is 181. The minimum atomic E-state index is 0.0350. The lowest BCUT2D eigenvalue weighted by molar-refractivity contribution is -0.125. The van der Waals surface area contributed by atoms with Gasteiger partial charge in [-0.25, -0.2) is 0 Å². The van der Waals surface area contributed by atoms with Gasteiger partial charge in [0.25, 0.3) is 0 Å². The number of rotatable bonds is 4. The van der Waals surface area contributed by atoms with Crippen LogP contribution in [0.2, 0.25) is 0 Å². The van der Waals surface area contributed by atoms with Gasteiger partial charge in [-0.2, -0.15) is 0 Å². The van der Waals surface area contributed by atoms with Gasteiger partial charge in [0.1, 0.15) is 6.29 Å². The molecule has 0 aromatic heterocycles. The molecule has 0 saturated heterocycles. The summed E-state index contributed by atoms with van der Waals surface area (Å²) in [5.41, 5.74) is 0. The highest BCUT2D eigenvalue weighted by atomic mass is 16.5. The molecule has 14 heavy (non-hydrogen) atoms. The van der Waals surface area contributed by atoms with Crippen molar-refractivity contribution in [2.75, 3.05) is 13.7 Å². The van der Waals surface area contributed by atoms with E-state index in [9.17, 15) is 4.79 Å². The van der Waals surface area contributed by atoms with Gasteiger partial charge in [-0.1, -0.05) is 6.92 Å². The van der Waals surface area contributed by atoms with Gasteiger partial charge in [-0.3, -0.25) is 0 Å². The standard InChI is InChI=1S/C11H20O3/c1-4-14-9-5-8(2)10(7-12)11(6-9)13-3/h7-11H,4-6H2,1-3H3. The van der Waals surface area contributed by atoms with E-state index in [4.69, 9.17) is 9.47 Å². The van der Waals surface area contributed by atoms with Gasteiger partial charge in [-0.05, 0) is 19.3 Å². The fourth-order valence-corrected chi connectivity index (χ4v) is 2.30. The summed E-state index contributed by atoms with van der Waals surface area (Å²) in [6.07, 6.45) is 3.14. The first-order valence-corrected chi connectivity index (χ1v) is 5.32. The Morgan fingerprint density at radius 3 is 2.64 bits per heavy atom. The molecule has 0 N–H and O–H groups in total. The van der Waals surface area contributed by atoms with Crippen molar-refractivity contribution in [3.63, 3.8) is 0 Å². The van der Waals surface area contributed by atoms with Gasteiger partial charge in [0.2, 0.25) is 0 Å². The Kier molecular flexibility index (Phi) is 4.55. The van der Waals surface area contributed by atoms with Crippen molar-refractivity contribution in [3.8, 4) is 0 Å². The van der Waals surface area contributed by atoms with E-state index in [1.54, 1.807) is 7.11 Å². The smallest absolute Gasteiger partial charge is 0.125 e. The molecule has 3 heteroatoms. The third-order valence-corrected chi connectivity index (χ3v) is 3.08. The molecule has 1 saturated carbocycles.